The van der Waals surface area contributed by atoms with Crippen LogP contribution >= 0.6 is 11.6 Å². The van der Waals surface area contributed by atoms with Crippen molar-refractivity contribution >= 4 is 27.5 Å². The van der Waals surface area contributed by atoms with E-state index in [2.05, 4.69) is 10.0 Å². The number of aliphatic hydroxyl groups excluding tert-OH is 1. The molecule has 3 N–H and O–H groups in total. The van der Waals surface area contributed by atoms with Crippen molar-refractivity contribution in [3.63, 3.8) is 0 Å². The standard InChI is InChI=1S/C14H18ClF3N2O4S/c1-2-9(8-21)20-13(22)5-6-19-25(23,24)10-3-4-12(15)11(7-10)14(16,17)18/h3-4,7,9,19,21H,2,5-6,8H2,1H3,(H,20,22). The molecular formula is C14H18ClF3N2O4S. The van der Waals surface area contributed by atoms with Gasteiger partial charge in [-0.05, 0) is 24.6 Å². The molecule has 0 saturated carbocycles. The molecule has 0 aliphatic heterocycles. The maximum Gasteiger partial charge on any atom is 0.417 e. The van der Waals surface area contributed by atoms with Gasteiger partial charge in [0.25, 0.3) is 0 Å². The molecule has 0 bridgehead atoms. The number of hydrogen-bond donors (Lipinski definition) is 3. The van der Waals surface area contributed by atoms with Gasteiger partial charge in [-0.25, -0.2) is 13.1 Å². The van der Waals surface area contributed by atoms with Crippen LogP contribution < -0.4 is 10.0 Å². The molecule has 0 radical (unpaired) electrons. The second-order valence-corrected chi connectivity index (χ2v) is 7.32. The van der Waals surface area contributed by atoms with Crippen molar-refractivity contribution in [1.29, 1.82) is 0 Å². The maximum absolute atomic E-state index is 12.8. The topological polar surface area (TPSA) is 95.5 Å². The predicted octanol–water partition coefficient (Wildman–Crippen LogP) is 1.91. The molecule has 1 aromatic rings. The highest BCUT2D eigenvalue weighted by atomic mass is 35.5. The molecule has 0 heterocycles. The number of carbonyl (C=O) groups is 1. The molecule has 6 nitrogen and oxygen atoms in total. The Balaban J connectivity index is 2.75. The number of alkyl halides is 3. The molecule has 11 heteroatoms. The van der Waals surface area contributed by atoms with Gasteiger partial charge in [0, 0.05) is 13.0 Å². The lowest BCUT2D eigenvalue weighted by Gasteiger charge is -2.14. The highest BCUT2D eigenvalue weighted by molar-refractivity contribution is 7.89. The van der Waals surface area contributed by atoms with Crippen LogP contribution in [0.15, 0.2) is 23.1 Å². The Labute approximate surface area is 148 Å². The monoisotopic (exact) mass is 402 g/mol. The molecular weight excluding hydrogens is 385 g/mol. The number of carbonyl (C=O) groups excluding carboxylic acids is 1. The van der Waals surface area contributed by atoms with Crippen LogP contribution in [-0.4, -0.2) is 38.6 Å². The van der Waals surface area contributed by atoms with E-state index in [-0.39, 0.29) is 19.6 Å². The third-order valence-electron chi connectivity index (χ3n) is 3.28. The van der Waals surface area contributed by atoms with Crippen molar-refractivity contribution in [2.24, 2.45) is 0 Å². The molecule has 0 aliphatic carbocycles. The van der Waals surface area contributed by atoms with Gasteiger partial charge in [0.1, 0.15) is 0 Å². The minimum atomic E-state index is -4.79. The SMILES string of the molecule is CCC(CO)NC(=O)CCNS(=O)(=O)c1ccc(Cl)c(C(F)(F)F)c1. The highest BCUT2D eigenvalue weighted by Crippen LogP contribution is 2.35. The number of aliphatic hydroxyl groups is 1. The van der Waals surface area contributed by atoms with E-state index < -0.39 is 43.6 Å². The molecule has 1 unspecified atom stereocenters. The average molecular weight is 403 g/mol. The summed E-state index contributed by atoms with van der Waals surface area (Å²) >= 11 is 5.44. The Morgan fingerprint density at radius 1 is 1.36 bits per heavy atom. The van der Waals surface area contributed by atoms with Crippen LogP contribution in [0.25, 0.3) is 0 Å². The lowest BCUT2D eigenvalue weighted by Crippen LogP contribution is -2.38. The smallest absolute Gasteiger partial charge is 0.394 e. The zero-order valence-electron chi connectivity index (χ0n) is 13.2. The summed E-state index contributed by atoms with van der Waals surface area (Å²) in [5, 5.41) is 10.8. The summed E-state index contributed by atoms with van der Waals surface area (Å²) in [5.41, 5.74) is -1.26. The molecule has 0 fully saturated rings. The van der Waals surface area contributed by atoms with Crippen molar-refractivity contribution < 1.29 is 31.5 Å². The normalized spacial score (nSPS) is 13.5. The Kier molecular flexibility index (Phi) is 7.66. The first-order valence-electron chi connectivity index (χ1n) is 7.28. The fourth-order valence-corrected chi connectivity index (χ4v) is 3.13. The van der Waals surface area contributed by atoms with E-state index in [4.69, 9.17) is 16.7 Å². The number of nitrogens with one attached hydrogen (secondary N) is 2. The molecule has 0 spiro atoms. The zero-order valence-corrected chi connectivity index (χ0v) is 14.8. The average Bonchev–Trinajstić information content (AvgIpc) is 2.51. The third kappa shape index (κ3) is 6.46. The molecule has 25 heavy (non-hydrogen) atoms. The maximum atomic E-state index is 12.8. The zero-order chi connectivity index (χ0) is 19.3. The van der Waals surface area contributed by atoms with E-state index in [0.29, 0.717) is 12.5 Å². The van der Waals surface area contributed by atoms with Crippen LogP contribution in [0.5, 0.6) is 0 Å². The summed E-state index contributed by atoms with van der Waals surface area (Å²) < 4.78 is 64.5. The van der Waals surface area contributed by atoms with Gasteiger partial charge >= 0.3 is 6.18 Å². The summed E-state index contributed by atoms with van der Waals surface area (Å²) in [6.07, 6.45) is -4.52. The van der Waals surface area contributed by atoms with E-state index in [0.717, 1.165) is 12.1 Å². The molecule has 0 aliphatic rings. The molecule has 1 aromatic carbocycles. The first kappa shape index (κ1) is 21.7. The predicted molar refractivity (Wildman–Crippen MR) is 85.6 cm³/mol. The Morgan fingerprint density at radius 2 is 2.00 bits per heavy atom. The summed E-state index contributed by atoms with van der Waals surface area (Å²) in [4.78, 5) is 11.0. The van der Waals surface area contributed by atoms with E-state index in [9.17, 15) is 26.4 Å². The molecule has 1 atom stereocenters. The minimum Gasteiger partial charge on any atom is -0.394 e. The van der Waals surface area contributed by atoms with Crippen molar-refractivity contribution in [2.45, 2.75) is 36.9 Å². The number of amides is 1. The number of halogens is 4. The molecule has 0 aromatic heterocycles. The fraction of sp³-hybridized carbons (Fsp3) is 0.500. The first-order valence-corrected chi connectivity index (χ1v) is 9.14. The van der Waals surface area contributed by atoms with Gasteiger partial charge in [-0.3, -0.25) is 4.79 Å². The Bertz CT molecular complexity index is 707. The van der Waals surface area contributed by atoms with Crippen LogP contribution in [0.4, 0.5) is 13.2 Å². The van der Waals surface area contributed by atoms with Crippen LogP contribution in [0, 0.1) is 0 Å². The number of benzene rings is 1. The van der Waals surface area contributed by atoms with Crippen molar-refractivity contribution in [3.8, 4) is 0 Å². The van der Waals surface area contributed by atoms with E-state index >= 15 is 0 Å². The largest absolute Gasteiger partial charge is 0.417 e. The number of sulfonamides is 1. The van der Waals surface area contributed by atoms with E-state index in [1.165, 1.54) is 0 Å². The minimum absolute atomic E-state index is 0.227. The van der Waals surface area contributed by atoms with Crippen LogP contribution in [0.1, 0.15) is 25.3 Å². The quantitative estimate of drug-likeness (QED) is 0.619. The molecule has 1 rings (SSSR count). The second kappa shape index (κ2) is 8.84. The van der Waals surface area contributed by atoms with Gasteiger partial charge < -0.3 is 10.4 Å². The molecule has 0 saturated heterocycles. The summed E-state index contributed by atoms with van der Waals surface area (Å²) in [7, 11) is -4.23. The second-order valence-electron chi connectivity index (χ2n) is 5.14. The third-order valence-corrected chi connectivity index (χ3v) is 5.06. The lowest BCUT2D eigenvalue weighted by molar-refractivity contribution is -0.137. The Morgan fingerprint density at radius 3 is 2.52 bits per heavy atom. The van der Waals surface area contributed by atoms with Crippen LogP contribution in [0.3, 0.4) is 0 Å². The van der Waals surface area contributed by atoms with E-state index in [1.54, 1.807) is 6.92 Å². The van der Waals surface area contributed by atoms with Crippen molar-refractivity contribution in [1.82, 2.24) is 10.0 Å². The molecule has 142 valence electrons. The highest BCUT2D eigenvalue weighted by Gasteiger charge is 2.34. The Hall–Kier alpha value is -1.36. The van der Waals surface area contributed by atoms with Crippen LogP contribution in [0.2, 0.25) is 5.02 Å². The van der Waals surface area contributed by atoms with Gasteiger partial charge in [-0.1, -0.05) is 18.5 Å². The summed E-state index contributed by atoms with van der Waals surface area (Å²) in [6.45, 7) is 1.20. The van der Waals surface area contributed by atoms with Crippen molar-refractivity contribution in [3.05, 3.63) is 28.8 Å². The van der Waals surface area contributed by atoms with E-state index in [1.807, 2.05) is 0 Å². The van der Waals surface area contributed by atoms with Crippen LogP contribution in [-0.2, 0) is 21.0 Å². The summed E-state index contributed by atoms with van der Waals surface area (Å²) in [5.74, 6) is -0.490. The molecule has 1 amide bonds. The number of rotatable bonds is 8. The number of hydrogen-bond acceptors (Lipinski definition) is 4. The van der Waals surface area contributed by atoms with Gasteiger partial charge in [0.05, 0.1) is 28.1 Å². The van der Waals surface area contributed by atoms with Gasteiger partial charge in [-0.2, -0.15) is 13.2 Å². The summed E-state index contributed by atoms with van der Waals surface area (Å²) in [6, 6.07) is 1.79. The van der Waals surface area contributed by atoms with Crippen molar-refractivity contribution in [2.75, 3.05) is 13.2 Å². The van der Waals surface area contributed by atoms with Gasteiger partial charge in [-0.15, -0.1) is 0 Å². The lowest BCUT2D eigenvalue weighted by atomic mass is 10.2. The van der Waals surface area contributed by atoms with Gasteiger partial charge in [0.2, 0.25) is 15.9 Å². The fourth-order valence-electron chi connectivity index (χ4n) is 1.85. The van der Waals surface area contributed by atoms with Gasteiger partial charge in [0.15, 0.2) is 0 Å². The first-order chi connectivity index (χ1) is 11.5.